The summed E-state index contributed by atoms with van der Waals surface area (Å²) in [6.07, 6.45) is 0.705. The van der Waals surface area contributed by atoms with Crippen molar-refractivity contribution in [1.82, 2.24) is 15.5 Å². The molecule has 21 heavy (non-hydrogen) atoms. The molecule has 0 amide bonds. The van der Waals surface area contributed by atoms with E-state index in [0.717, 1.165) is 11.3 Å². The number of hydrogen-bond acceptors (Lipinski definition) is 5. The number of nitrogens with zero attached hydrogens (tertiary/aromatic N) is 2. The number of ether oxygens (including phenoxy) is 1. The second-order valence-electron chi connectivity index (χ2n) is 6.16. The van der Waals surface area contributed by atoms with Gasteiger partial charge in [-0.2, -0.15) is 4.98 Å². The molecule has 0 spiro atoms. The van der Waals surface area contributed by atoms with Crippen molar-refractivity contribution in [2.75, 3.05) is 14.2 Å². The lowest BCUT2D eigenvalue weighted by Gasteiger charge is -2.29. The first-order valence-electron chi connectivity index (χ1n) is 7.08. The third-order valence-electron chi connectivity index (χ3n) is 3.57. The fraction of sp³-hybridized carbons (Fsp3) is 0.500. The Kier molecular flexibility index (Phi) is 4.63. The molecule has 5 nitrogen and oxygen atoms in total. The zero-order valence-corrected chi connectivity index (χ0v) is 13.3. The van der Waals surface area contributed by atoms with Gasteiger partial charge in [-0.3, -0.25) is 0 Å². The van der Waals surface area contributed by atoms with Gasteiger partial charge in [0.2, 0.25) is 11.7 Å². The molecule has 1 heterocycles. The molecule has 114 valence electrons. The van der Waals surface area contributed by atoms with E-state index in [2.05, 4.69) is 36.2 Å². The minimum absolute atomic E-state index is 0.124. The van der Waals surface area contributed by atoms with Gasteiger partial charge in [-0.25, -0.2) is 0 Å². The zero-order valence-electron chi connectivity index (χ0n) is 13.3. The van der Waals surface area contributed by atoms with Gasteiger partial charge in [0.25, 0.3) is 0 Å². The van der Waals surface area contributed by atoms with Crippen molar-refractivity contribution < 1.29 is 9.26 Å². The van der Waals surface area contributed by atoms with E-state index in [1.54, 1.807) is 7.11 Å². The van der Waals surface area contributed by atoms with Crippen LogP contribution < -0.4 is 10.1 Å². The molecule has 1 aromatic carbocycles. The van der Waals surface area contributed by atoms with Gasteiger partial charge in [0.05, 0.1) is 7.11 Å². The summed E-state index contributed by atoms with van der Waals surface area (Å²) in [7, 11) is 3.59. The van der Waals surface area contributed by atoms with Gasteiger partial charge in [0, 0.05) is 18.0 Å². The van der Waals surface area contributed by atoms with E-state index in [4.69, 9.17) is 9.26 Å². The molecule has 0 bridgehead atoms. The third kappa shape index (κ3) is 3.82. The number of aromatic nitrogens is 2. The Bertz CT molecular complexity index is 587. The molecule has 0 aliphatic heterocycles. The molecule has 5 heteroatoms. The Hall–Kier alpha value is -1.88. The second-order valence-corrected chi connectivity index (χ2v) is 6.16. The minimum atomic E-state index is 0.124. The van der Waals surface area contributed by atoms with E-state index in [1.807, 2.05) is 31.3 Å². The van der Waals surface area contributed by atoms with Crippen molar-refractivity contribution in [3.63, 3.8) is 0 Å². The van der Waals surface area contributed by atoms with Gasteiger partial charge in [0.1, 0.15) is 5.75 Å². The van der Waals surface area contributed by atoms with Crippen LogP contribution in [0.4, 0.5) is 0 Å². The zero-order chi connectivity index (χ0) is 15.5. The van der Waals surface area contributed by atoms with Gasteiger partial charge in [-0.15, -0.1) is 0 Å². The summed E-state index contributed by atoms with van der Waals surface area (Å²) >= 11 is 0. The molecule has 1 N–H and O–H groups in total. The average molecular weight is 289 g/mol. The van der Waals surface area contributed by atoms with E-state index in [1.165, 1.54) is 0 Å². The van der Waals surface area contributed by atoms with E-state index in [-0.39, 0.29) is 11.5 Å². The summed E-state index contributed by atoms with van der Waals surface area (Å²) in [4.78, 5) is 4.48. The van der Waals surface area contributed by atoms with Crippen LogP contribution in [0.5, 0.6) is 5.75 Å². The summed E-state index contributed by atoms with van der Waals surface area (Å²) in [6, 6.07) is 7.91. The first-order chi connectivity index (χ1) is 9.94. The smallest absolute Gasteiger partial charge is 0.228 e. The van der Waals surface area contributed by atoms with E-state index in [9.17, 15) is 0 Å². The molecule has 0 aliphatic carbocycles. The monoisotopic (exact) mass is 289 g/mol. The molecule has 2 aromatic rings. The number of nitrogens with one attached hydrogen (secondary N) is 1. The highest BCUT2D eigenvalue weighted by Crippen LogP contribution is 2.24. The molecular weight excluding hydrogens is 266 g/mol. The van der Waals surface area contributed by atoms with Gasteiger partial charge < -0.3 is 14.6 Å². The normalized spacial score (nSPS) is 13.2. The quantitative estimate of drug-likeness (QED) is 0.917. The minimum Gasteiger partial charge on any atom is -0.497 e. The lowest BCUT2D eigenvalue weighted by Crippen LogP contribution is -2.39. The summed E-state index contributed by atoms with van der Waals surface area (Å²) in [5, 5.41) is 7.37. The Balaban J connectivity index is 2.17. The van der Waals surface area contributed by atoms with Crippen LogP contribution in [-0.2, 0) is 6.42 Å². The summed E-state index contributed by atoms with van der Waals surface area (Å²) in [6.45, 7) is 6.56. The number of hydrogen-bond donors (Lipinski definition) is 1. The fourth-order valence-electron chi connectivity index (χ4n) is 2.23. The van der Waals surface area contributed by atoms with Gasteiger partial charge in [0.15, 0.2) is 0 Å². The molecule has 0 saturated heterocycles. The Morgan fingerprint density at radius 1 is 1.33 bits per heavy atom. The van der Waals surface area contributed by atoms with Crippen LogP contribution in [0.2, 0.25) is 0 Å². The standard InChI is InChI=1S/C16H23N3O2/c1-16(2,3)13(17-4)10-14-18-15(19-21-14)11-7-6-8-12(9-11)20-5/h6-9,13,17H,10H2,1-5H3. The maximum Gasteiger partial charge on any atom is 0.228 e. The van der Waals surface area contributed by atoms with E-state index < -0.39 is 0 Å². The lowest BCUT2D eigenvalue weighted by atomic mass is 9.85. The molecule has 1 unspecified atom stereocenters. The maximum absolute atomic E-state index is 5.38. The van der Waals surface area contributed by atoms with Crippen molar-refractivity contribution in [2.45, 2.75) is 33.2 Å². The summed E-state index contributed by atoms with van der Waals surface area (Å²) < 4.78 is 10.6. The molecule has 2 rings (SSSR count). The topological polar surface area (TPSA) is 60.2 Å². The Morgan fingerprint density at radius 3 is 2.71 bits per heavy atom. The molecule has 0 aliphatic rings. The van der Waals surface area contributed by atoms with Crippen molar-refractivity contribution in [3.05, 3.63) is 30.2 Å². The van der Waals surface area contributed by atoms with Crippen molar-refractivity contribution in [2.24, 2.45) is 5.41 Å². The fourth-order valence-corrected chi connectivity index (χ4v) is 2.23. The van der Waals surface area contributed by atoms with Crippen molar-refractivity contribution in [3.8, 4) is 17.1 Å². The Morgan fingerprint density at radius 2 is 2.10 bits per heavy atom. The number of benzene rings is 1. The number of rotatable bonds is 5. The van der Waals surface area contributed by atoms with Crippen molar-refractivity contribution >= 4 is 0 Å². The highest BCUT2D eigenvalue weighted by atomic mass is 16.5. The van der Waals surface area contributed by atoms with Gasteiger partial charge >= 0.3 is 0 Å². The molecular formula is C16H23N3O2. The van der Waals surface area contributed by atoms with E-state index in [0.29, 0.717) is 18.1 Å². The van der Waals surface area contributed by atoms with Crippen LogP contribution in [0.25, 0.3) is 11.4 Å². The van der Waals surface area contributed by atoms with Gasteiger partial charge in [-0.1, -0.05) is 38.1 Å². The maximum atomic E-state index is 5.38. The highest BCUT2D eigenvalue weighted by Gasteiger charge is 2.25. The molecule has 0 fully saturated rings. The average Bonchev–Trinajstić information content (AvgIpc) is 2.92. The molecule has 0 radical (unpaired) electrons. The number of methoxy groups -OCH3 is 1. The third-order valence-corrected chi connectivity index (χ3v) is 3.57. The number of likely N-dealkylation sites (N-methyl/N-ethyl adjacent to an activating group) is 1. The highest BCUT2D eigenvalue weighted by molar-refractivity contribution is 5.56. The predicted octanol–water partition coefficient (Wildman–Crippen LogP) is 2.92. The van der Waals surface area contributed by atoms with Crippen LogP contribution in [0.3, 0.4) is 0 Å². The molecule has 0 saturated carbocycles. The largest absolute Gasteiger partial charge is 0.497 e. The van der Waals surface area contributed by atoms with Crippen LogP contribution in [0.15, 0.2) is 28.8 Å². The molecule has 1 atom stereocenters. The first kappa shape index (κ1) is 15.5. The second kappa shape index (κ2) is 6.26. The van der Waals surface area contributed by atoms with Crippen molar-refractivity contribution in [1.29, 1.82) is 0 Å². The van der Waals surface area contributed by atoms with Gasteiger partial charge in [-0.05, 0) is 24.6 Å². The Labute approximate surface area is 125 Å². The van der Waals surface area contributed by atoms with Crippen LogP contribution in [0.1, 0.15) is 26.7 Å². The SMILES string of the molecule is CNC(Cc1nc(-c2cccc(OC)c2)no1)C(C)(C)C. The first-order valence-corrected chi connectivity index (χ1v) is 7.08. The van der Waals surface area contributed by atoms with Crippen LogP contribution >= 0.6 is 0 Å². The lowest BCUT2D eigenvalue weighted by molar-refractivity contribution is 0.255. The predicted molar refractivity (Wildman–Crippen MR) is 82.3 cm³/mol. The molecule has 1 aromatic heterocycles. The van der Waals surface area contributed by atoms with Crippen LogP contribution in [-0.4, -0.2) is 30.3 Å². The summed E-state index contributed by atoms with van der Waals surface area (Å²) in [5.41, 5.74) is 1.01. The van der Waals surface area contributed by atoms with E-state index >= 15 is 0 Å². The summed E-state index contributed by atoms with van der Waals surface area (Å²) in [5.74, 6) is 2.01. The van der Waals surface area contributed by atoms with Crippen LogP contribution in [0, 0.1) is 5.41 Å².